The number of nitrogens with zero attached hydrogens (tertiary/aromatic N) is 1. The zero-order chi connectivity index (χ0) is 18.8. The number of anilines is 1. The van der Waals surface area contributed by atoms with E-state index in [2.05, 4.69) is 5.32 Å². The van der Waals surface area contributed by atoms with Crippen LogP contribution in [-0.4, -0.2) is 45.8 Å². The van der Waals surface area contributed by atoms with Crippen molar-refractivity contribution in [3.63, 3.8) is 0 Å². The maximum Gasteiger partial charge on any atom is 0.340 e. The summed E-state index contributed by atoms with van der Waals surface area (Å²) in [4.78, 5) is 25.1. The second-order valence-corrected chi connectivity index (χ2v) is 8.77. The van der Waals surface area contributed by atoms with Crippen LogP contribution in [0.2, 0.25) is 0 Å². The van der Waals surface area contributed by atoms with Crippen LogP contribution in [0.1, 0.15) is 25.6 Å². The van der Waals surface area contributed by atoms with E-state index in [-0.39, 0.29) is 16.0 Å². The van der Waals surface area contributed by atoms with Gasteiger partial charge in [-0.1, -0.05) is 0 Å². The van der Waals surface area contributed by atoms with Crippen LogP contribution in [0, 0.1) is 6.92 Å². The third kappa shape index (κ3) is 4.06. The molecule has 0 spiro atoms. The fourth-order valence-electron chi connectivity index (χ4n) is 2.03. The van der Waals surface area contributed by atoms with Crippen LogP contribution < -0.4 is 5.32 Å². The van der Waals surface area contributed by atoms with Gasteiger partial charge in [0.25, 0.3) is 5.91 Å². The Bertz CT molecular complexity index is 899. The van der Waals surface area contributed by atoms with Gasteiger partial charge in [-0.05, 0) is 37.3 Å². The molecule has 0 atom stereocenters. The van der Waals surface area contributed by atoms with Gasteiger partial charge in [0.05, 0.1) is 17.6 Å². The summed E-state index contributed by atoms with van der Waals surface area (Å²) in [5.74, 6) is -0.979. The lowest BCUT2D eigenvalue weighted by atomic mass is 10.2. The molecule has 0 radical (unpaired) electrons. The Morgan fingerprint density at radius 1 is 1.16 bits per heavy atom. The predicted molar refractivity (Wildman–Crippen MR) is 95.7 cm³/mol. The summed E-state index contributed by atoms with van der Waals surface area (Å²) in [6, 6.07) is 7.21. The van der Waals surface area contributed by atoms with E-state index in [4.69, 9.17) is 4.74 Å². The minimum absolute atomic E-state index is 0.0938. The molecule has 0 aliphatic carbocycles. The molecule has 2 rings (SSSR count). The molecule has 1 aromatic carbocycles. The van der Waals surface area contributed by atoms with Crippen molar-refractivity contribution in [3.05, 3.63) is 46.3 Å². The molecule has 7 nitrogen and oxygen atoms in total. The summed E-state index contributed by atoms with van der Waals surface area (Å²) in [5, 5.41) is 3.05. The number of benzene rings is 1. The van der Waals surface area contributed by atoms with Crippen molar-refractivity contribution in [3.8, 4) is 0 Å². The number of amides is 1. The van der Waals surface area contributed by atoms with Crippen molar-refractivity contribution in [2.45, 2.75) is 11.8 Å². The van der Waals surface area contributed by atoms with E-state index in [1.165, 1.54) is 56.8 Å². The summed E-state index contributed by atoms with van der Waals surface area (Å²) >= 11 is 1.26. The Hall–Kier alpha value is -2.23. The monoisotopic (exact) mass is 382 g/mol. The highest BCUT2D eigenvalue weighted by molar-refractivity contribution is 7.89. The number of thiophene rings is 1. The molecule has 25 heavy (non-hydrogen) atoms. The van der Waals surface area contributed by atoms with E-state index in [0.29, 0.717) is 5.00 Å². The Morgan fingerprint density at radius 2 is 1.76 bits per heavy atom. The highest BCUT2D eigenvalue weighted by Gasteiger charge is 2.20. The van der Waals surface area contributed by atoms with E-state index in [1.807, 2.05) is 6.92 Å². The summed E-state index contributed by atoms with van der Waals surface area (Å²) < 4.78 is 29.9. The molecular formula is C16H18N2O5S2. The number of sulfonamides is 1. The van der Waals surface area contributed by atoms with E-state index < -0.39 is 21.9 Å². The van der Waals surface area contributed by atoms with Gasteiger partial charge in [-0.25, -0.2) is 17.5 Å². The third-order valence-corrected chi connectivity index (χ3v) is 6.18. The van der Waals surface area contributed by atoms with Crippen LogP contribution in [0.3, 0.4) is 0 Å². The molecule has 1 heterocycles. The van der Waals surface area contributed by atoms with Crippen molar-refractivity contribution in [1.29, 1.82) is 0 Å². The number of hydrogen-bond acceptors (Lipinski definition) is 6. The minimum Gasteiger partial charge on any atom is -0.465 e. The van der Waals surface area contributed by atoms with Gasteiger partial charge in [-0.15, -0.1) is 11.3 Å². The van der Waals surface area contributed by atoms with Gasteiger partial charge in [0, 0.05) is 24.5 Å². The van der Waals surface area contributed by atoms with E-state index in [9.17, 15) is 18.0 Å². The van der Waals surface area contributed by atoms with Crippen molar-refractivity contribution in [2.24, 2.45) is 0 Å². The number of carbonyl (C=O) groups is 2. The second kappa shape index (κ2) is 7.34. The lowest BCUT2D eigenvalue weighted by Gasteiger charge is -2.11. The molecule has 1 N–H and O–H groups in total. The zero-order valence-corrected chi connectivity index (χ0v) is 15.8. The average molecular weight is 382 g/mol. The highest BCUT2D eigenvalue weighted by Crippen LogP contribution is 2.28. The van der Waals surface area contributed by atoms with Crippen LogP contribution in [0.25, 0.3) is 0 Å². The van der Waals surface area contributed by atoms with Gasteiger partial charge in [-0.3, -0.25) is 4.79 Å². The molecule has 134 valence electrons. The standard InChI is InChI=1S/C16H18N2O5S2/c1-10-9-13(16(20)23-4)15(24-10)17-14(19)11-5-7-12(8-6-11)25(21,22)18(2)3/h5-9H,1-4H3,(H,17,19). The van der Waals surface area contributed by atoms with Gasteiger partial charge in [0.2, 0.25) is 10.0 Å². The first-order chi connectivity index (χ1) is 11.7. The molecule has 1 amide bonds. The molecule has 0 saturated carbocycles. The number of nitrogens with one attached hydrogen (secondary N) is 1. The topological polar surface area (TPSA) is 92.8 Å². The average Bonchev–Trinajstić information content (AvgIpc) is 2.94. The SMILES string of the molecule is COC(=O)c1cc(C)sc1NC(=O)c1ccc(S(=O)(=O)N(C)C)cc1. The summed E-state index contributed by atoms with van der Waals surface area (Å²) in [6.45, 7) is 1.81. The second-order valence-electron chi connectivity index (χ2n) is 5.36. The van der Waals surface area contributed by atoms with Crippen LogP contribution in [-0.2, 0) is 14.8 Å². The van der Waals surface area contributed by atoms with Crippen molar-refractivity contribution < 1.29 is 22.7 Å². The molecule has 1 aromatic heterocycles. The number of aryl methyl sites for hydroxylation is 1. The van der Waals surface area contributed by atoms with Crippen molar-refractivity contribution in [1.82, 2.24) is 4.31 Å². The number of methoxy groups -OCH3 is 1. The number of ether oxygens (including phenoxy) is 1. The molecule has 0 aliphatic rings. The lowest BCUT2D eigenvalue weighted by Crippen LogP contribution is -2.22. The molecular weight excluding hydrogens is 364 g/mol. The van der Waals surface area contributed by atoms with Crippen LogP contribution in [0.15, 0.2) is 35.2 Å². The van der Waals surface area contributed by atoms with Gasteiger partial charge >= 0.3 is 5.97 Å². The molecule has 9 heteroatoms. The van der Waals surface area contributed by atoms with Gasteiger partial charge in [0.15, 0.2) is 0 Å². The Kier molecular flexibility index (Phi) is 5.61. The minimum atomic E-state index is -3.55. The molecule has 0 bridgehead atoms. The first-order valence-electron chi connectivity index (χ1n) is 7.19. The van der Waals surface area contributed by atoms with Gasteiger partial charge in [0.1, 0.15) is 5.00 Å². The maximum atomic E-state index is 12.4. The summed E-state index contributed by atoms with van der Waals surface area (Å²) in [7, 11) is 0.583. The Balaban J connectivity index is 2.24. The van der Waals surface area contributed by atoms with Gasteiger partial charge < -0.3 is 10.1 Å². The normalized spacial score (nSPS) is 11.4. The zero-order valence-electron chi connectivity index (χ0n) is 14.2. The molecule has 0 aliphatic heterocycles. The lowest BCUT2D eigenvalue weighted by molar-refractivity contribution is 0.0602. The first kappa shape index (κ1) is 19.1. The first-order valence-corrected chi connectivity index (χ1v) is 9.45. The largest absolute Gasteiger partial charge is 0.465 e. The summed E-state index contributed by atoms with van der Waals surface area (Å²) in [5.41, 5.74) is 0.560. The van der Waals surface area contributed by atoms with E-state index in [1.54, 1.807) is 6.07 Å². The number of rotatable bonds is 5. The highest BCUT2D eigenvalue weighted by atomic mass is 32.2. The molecule has 0 unspecified atom stereocenters. The Morgan fingerprint density at radius 3 is 2.28 bits per heavy atom. The quantitative estimate of drug-likeness (QED) is 0.801. The van der Waals surface area contributed by atoms with Crippen molar-refractivity contribution in [2.75, 3.05) is 26.5 Å². The smallest absolute Gasteiger partial charge is 0.340 e. The van der Waals surface area contributed by atoms with Crippen LogP contribution in [0.4, 0.5) is 5.00 Å². The van der Waals surface area contributed by atoms with Gasteiger partial charge in [-0.2, -0.15) is 0 Å². The van der Waals surface area contributed by atoms with Crippen molar-refractivity contribution >= 4 is 38.2 Å². The van der Waals surface area contributed by atoms with E-state index in [0.717, 1.165) is 9.18 Å². The third-order valence-electron chi connectivity index (χ3n) is 3.38. The Labute approximate surface area is 150 Å². The molecule has 0 fully saturated rings. The fraction of sp³-hybridized carbons (Fsp3) is 0.250. The number of hydrogen-bond donors (Lipinski definition) is 1. The van der Waals surface area contributed by atoms with E-state index >= 15 is 0 Å². The summed E-state index contributed by atoms with van der Waals surface area (Å²) in [6.07, 6.45) is 0. The van der Waals surface area contributed by atoms with Crippen LogP contribution in [0.5, 0.6) is 0 Å². The number of carbonyl (C=O) groups excluding carboxylic acids is 2. The number of esters is 1. The molecule has 0 saturated heterocycles. The maximum absolute atomic E-state index is 12.4. The fourth-order valence-corrected chi connectivity index (χ4v) is 3.83. The molecule has 2 aromatic rings. The van der Waals surface area contributed by atoms with Crippen LogP contribution >= 0.6 is 11.3 Å². The predicted octanol–water partition coefficient (Wildman–Crippen LogP) is 2.35.